The third-order valence-electron chi connectivity index (χ3n) is 1.99. The van der Waals surface area contributed by atoms with Crippen LogP contribution in [0.1, 0.15) is 24.2 Å². The number of nitrogens with one attached hydrogen (secondary N) is 1. The molecular formula is C11H17IN2. The number of aryl methyl sites for hydroxylation is 1. The molecule has 0 atom stereocenters. The van der Waals surface area contributed by atoms with Gasteiger partial charge in [0.15, 0.2) is 0 Å². The second-order valence-corrected chi connectivity index (χ2v) is 4.42. The van der Waals surface area contributed by atoms with E-state index in [0.29, 0.717) is 0 Å². The minimum Gasteiger partial charge on any atom is -0.311 e. The van der Waals surface area contributed by atoms with Gasteiger partial charge in [-0.1, -0.05) is 28.7 Å². The second-order valence-electron chi connectivity index (χ2n) is 3.34. The van der Waals surface area contributed by atoms with Gasteiger partial charge in [0.1, 0.15) is 0 Å². The Morgan fingerprint density at radius 2 is 2.21 bits per heavy atom. The molecule has 1 rings (SSSR count). The van der Waals surface area contributed by atoms with Crippen LogP contribution in [0.25, 0.3) is 0 Å². The summed E-state index contributed by atoms with van der Waals surface area (Å²) in [6, 6.07) is 6.15. The minimum absolute atomic E-state index is 0.892. The molecule has 0 unspecified atom stereocenters. The van der Waals surface area contributed by atoms with E-state index in [1.54, 1.807) is 0 Å². The summed E-state index contributed by atoms with van der Waals surface area (Å²) in [6.45, 7) is 4.02. The molecule has 1 heterocycles. The monoisotopic (exact) mass is 304 g/mol. The van der Waals surface area contributed by atoms with Crippen molar-refractivity contribution in [1.29, 1.82) is 0 Å². The van der Waals surface area contributed by atoms with E-state index in [9.17, 15) is 0 Å². The molecule has 0 spiro atoms. The molecule has 0 aromatic carbocycles. The molecule has 0 bridgehead atoms. The molecule has 0 saturated heterocycles. The number of nitrogens with zero attached hydrogens (tertiary/aromatic N) is 1. The van der Waals surface area contributed by atoms with Gasteiger partial charge in [0, 0.05) is 12.2 Å². The van der Waals surface area contributed by atoms with Crippen LogP contribution in [0.2, 0.25) is 0 Å². The average molecular weight is 304 g/mol. The Hall–Kier alpha value is -0.160. The van der Waals surface area contributed by atoms with Gasteiger partial charge in [-0.25, -0.2) is 0 Å². The van der Waals surface area contributed by atoms with Crippen LogP contribution >= 0.6 is 22.6 Å². The Morgan fingerprint density at radius 3 is 2.93 bits per heavy atom. The number of unbranched alkanes of at least 4 members (excludes halogenated alkanes) is 1. The van der Waals surface area contributed by atoms with Gasteiger partial charge >= 0.3 is 0 Å². The minimum atomic E-state index is 0.892. The number of hydrogen-bond donors (Lipinski definition) is 1. The van der Waals surface area contributed by atoms with Gasteiger partial charge in [-0.2, -0.15) is 0 Å². The Balaban J connectivity index is 2.18. The van der Waals surface area contributed by atoms with Crippen LogP contribution in [0, 0.1) is 6.92 Å². The molecule has 0 saturated carbocycles. The molecule has 78 valence electrons. The van der Waals surface area contributed by atoms with E-state index < -0.39 is 0 Å². The van der Waals surface area contributed by atoms with Crippen LogP contribution in [0.5, 0.6) is 0 Å². The zero-order chi connectivity index (χ0) is 10.2. The molecule has 1 aromatic rings. The van der Waals surface area contributed by atoms with E-state index >= 15 is 0 Å². The number of pyridine rings is 1. The predicted molar refractivity (Wildman–Crippen MR) is 68.8 cm³/mol. The van der Waals surface area contributed by atoms with E-state index in [0.717, 1.165) is 24.5 Å². The molecule has 3 heteroatoms. The smallest absolute Gasteiger partial charge is 0.0544 e. The van der Waals surface area contributed by atoms with Crippen molar-refractivity contribution in [2.24, 2.45) is 0 Å². The summed E-state index contributed by atoms with van der Waals surface area (Å²) in [5.74, 6) is 0. The summed E-state index contributed by atoms with van der Waals surface area (Å²) in [5.41, 5.74) is 2.23. The van der Waals surface area contributed by atoms with Crippen LogP contribution in [0.15, 0.2) is 18.2 Å². The van der Waals surface area contributed by atoms with Crippen molar-refractivity contribution in [3.05, 3.63) is 29.6 Å². The second kappa shape index (κ2) is 7.17. The first-order valence-corrected chi connectivity index (χ1v) is 6.54. The molecule has 0 aliphatic carbocycles. The lowest BCUT2D eigenvalue weighted by molar-refractivity contribution is 0.636. The Labute approximate surface area is 99.7 Å². The SMILES string of the molecule is Cc1cccc(CNCCCCI)n1. The zero-order valence-electron chi connectivity index (χ0n) is 8.59. The van der Waals surface area contributed by atoms with Gasteiger partial charge in [0.05, 0.1) is 5.69 Å². The highest BCUT2D eigenvalue weighted by atomic mass is 127. The van der Waals surface area contributed by atoms with Crippen molar-refractivity contribution >= 4 is 22.6 Å². The van der Waals surface area contributed by atoms with Gasteiger partial charge < -0.3 is 5.32 Å². The maximum Gasteiger partial charge on any atom is 0.0544 e. The Morgan fingerprint density at radius 1 is 1.36 bits per heavy atom. The van der Waals surface area contributed by atoms with Gasteiger partial charge in [-0.05, 0) is 42.9 Å². The van der Waals surface area contributed by atoms with Crippen LogP contribution < -0.4 is 5.32 Å². The number of halogens is 1. The lowest BCUT2D eigenvalue weighted by atomic mass is 10.3. The molecule has 0 radical (unpaired) electrons. The van der Waals surface area contributed by atoms with Crippen molar-refractivity contribution < 1.29 is 0 Å². The fraction of sp³-hybridized carbons (Fsp3) is 0.545. The topological polar surface area (TPSA) is 24.9 Å². The van der Waals surface area contributed by atoms with E-state index in [-0.39, 0.29) is 0 Å². The molecular weight excluding hydrogens is 287 g/mol. The van der Waals surface area contributed by atoms with Gasteiger partial charge in [0.2, 0.25) is 0 Å². The lowest BCUT2D eigenvalue weighted by Gasteiger charge is -2.03. The summed E-state index contributed by atoms with van der Waals surface area (Å²) in [6.07, 6.45) is 2.56. The highest BCUT2D eigenvalue weighted by Crippen LogP contribution is 1.98. The maximum atomic E-state index is 4.43. The fourth-order valence-corrected chi connectivity index (χ4v) is 1.80. The van der Waals surface area contributed by atoms with E-state index in [4.69, 9.17) is 0 Å². The zero-order valence-corrected chi connectivity index (χ0v) is 10.8. The lowest BCUT2D eigenvalue weighted by Crippen LogP contribution is -2.15. The number of aromatic nitrogens is 1. The maximum absolute atomic E-state index is 4.43. The number of rotatable bonds is 6. The van der Waals surface area contributed by atoms with Crippen molar-refractivity contribution in [2.45, 2.75) is 26.3 Å². The number of hydrogen-bond acceptors (Lipinski definition) is 2. The highest BCUT2D eigenvalue weighted by Gasteiger charge is 1.93. The van der Waals surface area contributed by atoms with Crippen molar-refractivity contribution in [2.75, 3.05) is 11.0 Å². The van der Waals surface area contributed by atoms with E-state index in [1.807, 2.05) is 13.0 Å². The molecule has 0 aliphatic heterocycles. The first-order valence-electron chi connectivity index (χ1n) is 5.02. The predicted octanol–water partition coefficient (Wildman–Crippen LogP) is 2.69. The summed E-state index contributed by atoms with van der Waals surface area (Å²) in [7, 11) is 0. The van der Waals surface area contributed by atoms with Crippen LogP contribution in [-0.2, 0) is 6.54 Å². The summed E-state index contributed by atoms with van der Waals surface area (Å²) in [4.78, 5) is 4.43. The molecule has 2 nitrogen and oxygen atoms in total. The first-order chi connectivity index (χ1) is 6.83. The van der Waals surface area contributed by atoms with Gasteiger partial charge in [0.25, 0.3) is 0 Å². The molecule has 0 fully saturated rings. The normalized spacial score (nSPS) is 10.4. The van der Waals surface area contributed by atoms with Crippen molar-refractivity contribution in [1.82, 2.24) is 10.3 Å². The van der Waals surface area contributed by atoms with Crippen LogP contribution in [-0.4, -0.2) is 16.0 Å². The van der Waals surface area contributed by atoms with Crippen LogP contribution in [0.4, 0.5) is 0 Å². The molecule has 0 amide bonds. The van der Waals surface area contributed by atoms with Crippen molar-refractivity contribution in [3.63, 3.8) is 0 Å². The Kier molecular flexibility index (Phi) is 6.10. The fourth-order valence-electron chi connectivity index (χ4n) is 1.26. The van der Waals surface area contributed by atoms with E-state index in [2.05, 4.69) is 45.0 Å². The molecule has 14 heavy (non-hydrogen) atoms. The third kappa shape index (κ3) is 4.91. The standard InChI is InChI=1S/C11H17IN2/c1-10-5-4-6-11(14-10)9-13-8-3-2-7-12/h4-6,13H,2-3,7-9H2,1H3. The van der Waals surface area contributed by atoms with Gasteiger partial charge in [-0.15, -0.1) is 0 Å². The number of alkyl halides is 1. The Bertz CT molecular complexity index is 263. The van der Waals surface area contributed by atoms with E-state index in [1.165, 1.54) is 17.3 Å². The summed E-state index contributed by atoms with van der Waals surface area (Å²) < 4.78 is 1.25. The molecule has 0 aliphatic rings. The van der Waals surface area contributed by atoms with Crippen LogP contribution in [0.3, 0.4) is 0 Å². The van der Waals surface area contributed by atoms with Crippen molar-refractivity contribution in [3.8, 4) is 0 Å². The molecule has 1 aromatic heterocycles. The first kappa shape index (κ1) is 11.9. The quantitative estimate of drug-likeness (QED) is 0.496. The molecule has 1 N–H and O–H groups in total. The van der Waals surface area contributed by atoms with Gasteiger partial charge in [-0.3, -0.25) is 4.98 Å². The third-order valence-corrected chi connectivity index (χ3v) is 2.75. The summed E-state index contributed by atoms with van der Waals surface area (Å²) >= 11 is 2.41. The average Bonchev–Trinajstić information content (AvgIpc) is 2.18. The summed E-state index contributed by atoms with van der Waals surface area (Å²) in [5, 5.41) is 3.40. The highest BCUT2D eigenvalue weighted by molar-refractivity contribution is 14.1. The largest absolute Gasteiger partial charge is 0.311 e.